The lowest BCUT2D eigenvalue weighted by atomic mass is 10.0. The third-order valence-electron chi connectivity index (χ3n) is 4.80. The first-order valence-corrected chi connectivity index (χ1v) is 8.97. The maximum absolute atomic E-state index is 12.7. The Balaban J connectivity index is 1.66. The minimum Gasteiger partial charge on any atom is -0.494 e. The maximum atomic E-state index is 12.7. The van der Waals surface area contributed by atoms with Crippen LogP contribution in [0.25, 0.3) is 0 Å². The van der Waals surface area contributed by atoms with Gasteiger partial charge in [0.15, 0.2) is 0 Å². The van der Waals surface area contributed by atoms with Crippen LogP contribution in [0, 0.1) is 0 Å². The van der Waals surface area contributed by atoms with Crippen molar-refractivity contribution in [3.05, 3.63) is 60.2 Å². The lowest BCUT2D eigenvalue weighted by molar-refractivity contribution is -0.119. The van der Waals surface area contributed by atoms with Gasteiger partial charge in [-0.05, 0) is 56.1 Å². The van der Waals surface area contributed by atoms with E-state index in [1.807, 2.05) is 56.4 Å². The van der Waals surface area contributed by atoms with Crippen LogP contribution in [-0.2, 0) is 4.79 Å². The highest BCUT2D eigenvalue weighted by Crippen LogP contribution is 2.32. The van der Waals surface area contributed by atoms with Gasteiger partial charge in [-0.15, -0.1) is 0 Å². The SMILES string of the molecule is CCOc1ccc([C@@H]2CCCN2CC(=O)N(C)c2ccccc2)cc1. The molecule has 0 unspecified atom stereocenters. The van der Waals surface area contributed by atoms with Crippen LogP contribution in [-0.4, -0.2) is 37.6 Å². The van der Waals surface area contributed by atoms with Crippen molar-refractivity contribution in [2.24, 2.45) is 0 Å². The summed E-state index contributed by atoms with van der Waals surface area (Å²) in [6, 6.07) is 18.4. The standard InChI is InChI=1S/C21H26N2O2/c1-3-25-19-13-11-17(12-14-19)20-10-7-15-23(20)16-21(24)22(2)18-8-5-4-6-9-18/h4-6,8-9,11-14,20H,3,7,10,15-16H2,1-2H3/t20-/m0/s1. The number of likely N-dealkylation sites (N-methyl/N-ethyl adjacent to an activating group) is 1. The lowest BCUT2D eigenvalue weighted by Crippen LogP contribution is -2.38. The van der Waals surface area contributed by atoms with E-state index in [1.54, 1.807) is 4.90 Å². The Morgan fingerprint density at radius 3 is 2.56 bits per heavy atom. The van der Waals surface area contributed by atoms with Crippen LogP contribution in [0.4, 0.5) is 5.69 Å². The highest BCUT2D eigenvalue weighted by Gasteiger charge is 2.28. The van der Waals surface area contributed by atoms with Crippen LogP contribution in [0.15, 0.2) is 54.6 Å². The van der Waals surface area contributed by atoms with E-state index >= 15 is 0 Å². The normalized spacial score (nSPS) is 17.4. The summed E-state index contributed by atoms with van der Waals surface area (Å²) in [5.74, 6) is 1.03. The second kappa shape index (κ2) is 8.17. The van der Waals surface area contributed by atoms with E-state index < -0.39 is 0 Å². The van der Waals surface area contributed by atoms with E-state index in [0.29, 0.717) is 19.2 Å². The highest BCUT2D eigenvalue weighted by atomic mass is 16.5. The van der Waals surface area contributed by atoms with E-state index in [0.717, 1.165) is 30.8 Å². The molecule has 1 aliphatic heterocycles. The molecule has 4 heteroatoms. The molecule has 25 heavy (non-hydrogen) atoms. The van der Waals surface area contributed by atoms with Crippen LogP contribution in [0.2, 0.25) is 0 Å². The van der Waals surface area contributed by atoms with Gasteiger partial charge in [0.25, 0.3) is 0 Å². The summed E-state index contributed by atoms with van der Waals surface area (Å²) in [6.07, 6.45) is 2.22. The van der Waals surface area contributed by atoms with Gasteiger partial charge in [0.2, 0.25) is 5.91 Å². The number of benzene rings is 2. The Kier molecular flexibility index (Phi) is 5.71. The third-order valence-corrected chi connectivity index (χ3v) is 4.80. The quantitative estimate of drug-likeness (QED) is 0.801. The Hall–Kier alpha value is -2.33. The van der Waals surface area contributed by atoms with E-state index in [1.165, 1.54) is 5.56 Å². The number of anilines is 1. The summed E-state index contributed by atoms with van der Waals surface area (Å²) < 4.78 is 5.52. The highest BCUT2D eigenvalue weighted by molar-refractivity contribution is 5.94. The van der Waals surface area contributed by atoms with Crippen LogP contribution < -0.4 is 9.64 Å². The molecule has 3 rings (SSSR count). The van der Waals surface area contributed by atoms with Gasteiger partial charge in [-0.2, -0.15) is 0 Å². The van der Waals surface area contributed by atoms with Gasteiger partial charge in [-0.1, -0.05) is 30.3 Å². The molecule has 2 aromatic carbocycles. The first kappa shape index (κ1) is 17.5. The van der Waals surface area contributed by atoms with Crippen molar-refractivity contribution in [2.45, 2.75) is 25.8 Å². The van der Waals surface area contributed by atoms with Crippen molar-refractivity contribution >= 4 is 11.6 Å². The number of rotatable bonds is 6. The number of para-hydroxylation sites is 1. The first-order chi connectivity index (χ1) is 12.2. The molecule has 1 amide bonds. The molecule has 4 nitrogen and oxygen atoms in total. The fourth-order valence-corrected chi connectivity index (χ4v) is 3.42. The summed E-state index contributed by atoms with van der Waals surface area (Å²) in [5.41, 5.74) is 2.19. The first-order valence-electron chi connectivity index (χ1n) is 8.97. The Labute approximate surface area is 150 Å². The predicted molar refractivity (Wildman–Crippen MR) is 101 cm³/mol. The number of carbonyl (C=O) groups is 1. The molecule has 0 radical (unpaired) electrons. The molecule has 0 aromatic heterocycles. The zero-order valence-corrected chi connectivity index (χ0v) is 15.0. The van der Waals surface area contributed by atoms with Gasteiger partial charge < -0.3 is 9.64 Å². The van der Waals surface area contributed by atoms with Crippen LogP contribution in [0.1, 0.15) is 31.4 Å². The molecule has 0 saturated carbocycles. The molecular weight excluding hydrogens is 312 g/mol. The van der Waals surface area contributed by atoms with Crippen molar-refractivity contribution in [1.29, 1.82) is 0 Å². The predicted octanol–water partition coefficient (Wildman–Crippen LogP) is 3.89. The number of amides is 1. The summed E-state index contributed by atoms with van der Waals surface area (Å²) in [4.78, 5) is 16.7. The van der Waals surface area contributed by atoms with E-state index in [9.17, 15) is 4.79 Å². The molecule has 132 valence electrons. The lowest BCUT2D eigenvalue weighted by Gasteiger charge is -2.27. The van der Waals surface area contributed by atoms with Gasteiger partial charge in [0.1, 0.15) is 5.75 Å². The maximum Gasteiger partial charge on any atom is 0.240 e. The summed E-state index contributed by atoms with van der Waals surface area (Å²) >= 11 is 0. The molecule has 0 bridgehead atoms. The Morgan fingerprint density at radius 1 is 1.16 bits per heavy atom. The summed E-state index contributed by atoms with van der Waals surface area (Å²) in [7, 11) is 1.85. The number of ether oxygens (including phenoxy) is 1. The molecule has 1 saturated heterocycles. The molecule has 1 fully saturated rings. The molecule has 1 aliphatic rings. The molecule has 1 heterocycles. The topological polar surface area (TPSA) is 32.8 Å². The van der Waals surface area contributed by atoms with Gasteiger partial charge in [0, 0.05) is 18.8 Å². The van der Waals surface area contributed by atoms with Crippen molar-refractivity contribution in [2.75, 3.05) is 31.6 Å². The van der Waals surface area contributed by atoms with E-state index in [4.69, 9.17) is 4.74 Å². The smallest absolute Gasteiger partial charge is 0.240 e. The minimum absolute atomic E-state index is 0.129. The van der Waals surface area contributed by atoms with Crippen LogP contribution in [0.5, 0.6) is 5.75 Å². The third kappa shape index (κ3) is 4.20. The minimum atomic E-state index is 0.129. The fourth-order valence-electron chi connectivity index (χ4n) is 3.42. The molecule has 2 aromatic rings. The van der Waals surface area contributed by atoms with E-state index in [-0.39, 0.29) is 5.91 Å². The Bertz CT molecular complexity index is 685. The fraction of sp³-hybridized carbons (Fsp3) is 0.381. The monoisotopic (exact) mass is 338 g/mol. The number of nitrogens with zero attached hydrogens (tertiary/aromatic N) is 2. The van der Waals surface area contributed by atoms with Crippen molar-refractivity contribution in [1.82, 2.24) is 4.90 Å². The summed E-state index contributed by atoms with van der Waals surface area (Å²) in [6.45, 7) is 4.08. The van der Waals surface area contributed by atoms with Crippen LogP contribution >= 0.6 is 0 Å². The zero-order valence-electron chi connectivity index (χ0n) is 15.0. The number of hydrogen-bond donors (Lipinski definition) is 0. The van der Waals surface area contributed by atoms with Gasteiger partial charge in [-0.25, -0.2) is 0 Å². The molecule has 0 spiro atoms. The summed E-state index contributed by atoms with van der Waals surface area (Å²) in [5, 5.41) is 0. The largest absolute Gasteiger partial charge is 0.494 e. The van der Waals surface area contributed by atoms with Crippen molar-refractivity contribution in [3.8, 4) is 5.75 Å². The number of likely N-dealkylation sites (tertiary alicyclic amines) is 1. The van der Waals surface area contributed by atoms with Gasteiger partial charge in [0.05, 0.1) is 13.2 Å². The number of carbonyl (C=O) groups excluding carboxylic acids is 1. The molecule has 0 N–H and O–H groups in total. The zero-order chi connectivity index (χ0) is 17.6. The van der Waals surface area contributed by atoms with Gasteiger partial charge in [-0.3, -0.25) is 9.69 Å². The molecule has 1 atom stereocenters. The van der Waals surface area contributed by atoms with Gasteiger partial charge >= 0.3 is 0 Å². The van der Waals surface area contributed by atoms with Crippen molar-refractivity contribution in [3.63, 3.8) is 0 Å². The van der Waals surface area contributed by atoms with E-state index in [2.05, 4.69) is 17.0 Å². The average Bonchev–Trinajstić information content (AvgIpc) is 3.11. The average molecular weight is 338 g/mol. The Morgan fingerprint density at radius 2 is 1.88 bits per heavy atom. The molecular formula is C21H26N2O2. The van der Waals surface area contributed by atoms with Crippen LogP contribution in [0.3, 0.4) is 0 Å². The molecule has 0 aliphatic carbocycles. The second-order valence-electron chi connectivity index (χ2n) is 6.42. The van der Waals surface area contributed by atoms with Crippen molar-refractivity contribution < 1.29 is 9.53 Å². The number of hydrogen-bond acceptors (Lipinski definition) is 3. The second-order valence-corrected chi connectivity index (χ2v) is 6.42.